The van der Waals surface area contributed by atoms with Gasteiger partial charge < -0.3 is 4.74 Å². The Hall–Kier alpha value is -0.600. The number of nitrogens with zero attached hydrogens (tertiary/aromatic N) is 1. The minimum Gasteiger partial charge on any atom is -0.379 e. The first-order valence-corrected chi connectivity index (χ1v) is 6.30. The zero-order valence-electron chi connectivity index (χ0n) is 10.7. The van der Waals surface area contributed by atoms with Crippen LogP contribution in [0.25, 0.3) is 0 Å². The van der Waals surface area contributed by atoms with Gasteiger partial charge in [-0.3, -0.25) is 4.90 Å². The molecule has 0 aliphatic carbocycles. The van der Waals surface area contributed by atoms with Crippen molar-refractivity contribution in [2.24, 2.45) is 5.92 Å². The van der Waals surface area contributed by atoms with Crippen LogP contribution < -0.4 is 0 Å². The van der Waals surface area contributed by atoms with E-state index in [9.17, 15) is 0 Å². The molecular weight excluding hydrogens is 198 g/mol. The van der Waals surface area contributed by atoms with Gasteiger partial charge in [-0.1, -0.05) is 24.6 Å². The lowest BCUT2D eigenvalue weighted by molar-refractivity contribution is 0.0433. The highest BCUT2D eigenvalue weighted by Gasteiger charge is 2.08. The normalized spacial score (nSPS) is 20.8. The molecule has 1 fully saturated rings. The molecule has 0 aromatic rings. The molecule has 0 bridgehead atoms. The Morgan fingerprint density at radius 1 is 1.44 bits per heavy atom. The Bertz CT molecular complexity index is 229. The molecule has 1 atom stereocenters. The Morgan fingerprint density at radius 2 is 2.12 bits per heavy atom. The second kappa shape index (κ2) is 7.64. The van der Waals surface area contributed by atoms with Crippen molar-refractivity contribution in [1.82, 2.24) is 4.90 Å². The lowest BCUT2D eigenvalue weighted by Gasteiger charge is -2.25. The Morgan fingerprint density at radius 3 is 2.75 bits per heavy atom. The number of morpholine rings is 1. The summed E-state index contributed by atoms with van der Waals surface area (Å²) in [5.41, 5.74) is 1.50. The molecule has 92 valence electrons. The Kier molecular flexibility index (Phi) is 6.43. The molecule has 0 spiro atoms. The standard InChI is InChI=1S/C14H25NO/c1-4-13(2)5-6-14(3)7-8-15-9-11-16-12-10-15/h4,7,13H,1,5-6,8-12H2,2-3H3/b14-7+. The fourth-order valence-electron chi connectivity index (χ4n) is 1.74. The summed E-state index contributed by atoms with van der Waals surface area (Å²) in [5.74, 6) is 0.631. The lowest BCUT2D eigenvalue weighted by atomic mass is 10.0. The first kappa shape index (κ1) is 13.5. The van der Waals surface area contributed by atoms with Gasteiger partial charge in [-0.15, -0.1) is 6.58 Å². The van der Waals surface area contributed by atoms with Gasteiger partial charge in [0, 0.05) is 19.6 Å². The predicted molar refractivity (Wildman–Crippen MR) is 69.6 cm³/mol. The van der Waals surface area contributed by atoms with E-state index in [-0.39, 0.29) is 0 Å². The number of hydrogen-bond acceptors (Lipinski definition) is 2. The van der Waals surface area contributed by atoms with Crippen LogP contribution in [0.5, 0.6) is 0 Å². The summed E-state index contributed by atoms with van der Waals surface area (Å²) >= 11 is 0. The summed E-state index contributed by atoms with van der Waals surface area (Å²) in [7, 11) is 0. The van der Waals surface area contributed by atoms with E-state index in [4.69, 9.17) is 4.74 Å². The topological polar surface area (TPSA) is 12.5 Å². The van der Waals surface area contributed by atoms with Crippen molar-refractivity contribution in [3.63, 3.8) is 0 Å². The largest absolute Gasteiger partial charge is 0.379 e. The van der Waals surface area contributed by atoms with E-state index in [1.807, 2.05) is 6.08 Å². The van der Waals surface area contributed by atoms with Crippen molar-refractivity contribution in [3.05, 3.63) is 24.3 Å². The van der Waals surface area contributed by atoms with Gasteiger partial charge in [-0.25, -0.2) is 0 Å². The van der Waals surface area contributed by atoms with Crippen molar-refractivity contribution in [3.8, 4) is 0 Å². The summed E-state index contributed by atoms with van der Waals surface area (Å²) in [6.45, 7) is 13.3. The highest BCUT2D eigenvalue weighted by molar-refractivity contribution is 5.00. The maximum absolute atomic E-state index is 5.33. The highest BCUT2D eigenvalue weighted by Crippen LogP contribution is 2.12. The van der Waals surface area contributed by atoms with E-state index in [1.54, 1.807) is 0 Å². The molecule has 1 aliphatic heterocycles. The highest BCUT2D eigenvalue weighted by atomic mass is 16.5. The van der Waals surface area contributed by atoms with E-state index in [0.29, 0.717) is 5.92 Å². The number of hydrogen-bond donors (Lipinski definition) is 0. The molecule has 0 aromatic carbocycles. The first-order chi connectivity index (χ1) is 7.72. The monoisotopic (exact) mass is 223 g/mol. The van der Waals surface area contributed by atoms with Crippen LogP contribution in [0, 0.1) is 5.92 Å². The fraction of sp³-hybridized carbons (Fsp3) is 0.714. The van der Waals surface area contributed by atoms with Crippen LogP contribution in [-0.2, 0) is 4.74 Å². The van der Waals surface area contributed by atoms with Gasteiger partial charge >= 0.3 is 0 Å². The maximum atomic E-state index is 5.33. The van der Waals surface area contributed by atoms with Crippen LogP contribution in [0.3, 0.4) is 0 Å². The molecule has 0 N–H and O–H groups in total. The Balaban J connectivity index is 2.19. The molecule has 1 aliphatic rings. The van der Waals surface area contributed by atoms with Crippen molar-refractivity contribution in [2.45, 2.75) is 26.7 Å². The minimum atomic E-state index is 0.631. The molecule has 0 amide bonds. The smallest absolute Gasteiger partial charge is 0.0594 e. The van der Waals surface area contributed by atoms with Crippen molar-refractivity contribution >= 4 is 0 Å². The summed E-state index contributed by atoms with van der Waals surface area (Å²) in [5, 5.41) is 0. The molecule has 1 heterocycles. The molecule has 0 aromatic heterocycles. The third kappa shape index (κ3) is 5.47. The molecule has 1 saturated heterocycles. The van der Waals surface area contributed by atoms with Crippen LogP contribution >= 0.6 is 0 Å². The molecule has 0 radical (unpaired) electrons. The van der Waals surface area contributed by atoms with E-state index in [0.717, 1.165) is 32.8 Å². The van der Waals surface area contributed by atoms with Crippen LogP contribution in [0.2, 0.25) is 0 Å². The van der Waals surface area contributed by atoms with Crippen LogP contribution in [0.4, 0.5) is 0 Å². The van der Waals surface area contributed by atoms with Gasteiger partial charge in [0.25, 0.3) is 0 Å². The molecular formula is C14H25NO. The van der Waals surface area contributed by atoms with Crippen LogP contribution in [0.15, 0.2) is 24.3 Å². The average Bonchev–Trinajstić information content (AvgIpc) is 2.34. The number of rotatable bonds is 6. The minimum absolute atomic E-state index is 0.631. The average molecular weight is 223 g/mol. The summed E-state index contributed by atoms with van der Waals surface area (Å²) in [4.78, 5) is 2.45. The van der Waals surface area contributed by atoms with Gasteiger partial charge in [-0.2, -0.15) is 0 Å². The van der Waals surface area contributed by atoms with Crippen molar-refractivity contribution < 1.29 is 4.74 Å². The molecule has 16 heavy (non-hydrogen) atoms. The van der Waals surface area contributed by atoms with Crippen LogP contribution in [-0.4, -0.2) is 37.7 Å². The Labute approximate surface area is 100.0 Å². The van der Waals surface area contributed by atoms with E-state index < -0.39 is 0 Å². The predicted octanol–water partition coefficient (Wildman–Crippen LogP) is 2.87. The fourth-order valence-corrected chi connectivity index (χ4v) is 1.74. The third-order valence-electron chi connectivity index (χ3n) is 3.20. The molecule has 0 saturated carbocycles. The first-order valence-electron chi connectivity index (χ1n) is 6.30. The van der Waals surface area contributed by atoms with E-state index >= 15 is 0 Å². The van der Waals surface area contributed by atoms with Crippen molar-refractivity contribution in [2.75, 3.05) is 32.8 Å². The van der Waals surface area contributed by atoms with Gasteiger partial charge in [0.1, 0.15) is 0 Å². The summed E-state index contributed by atoms with van der Waals surface area (Å²) in [6.07, 6.45) is 6.81. The van der Waals surface area contributed by atoms with E-state index in [1.165, 1.54) is 18.4 Å². The van der Waals surface area contributed by atoms with E-state index in [2.05, 4.69) is 31.4 Å². The maximum Gasteiger partial charge on any atom is 0.0594 e. The second-order valence-corrected chi connectivity index (χ2v) is 4.72. The van der Waals surface area contributed by atoms with Gasteiger partial charge in [0.2, 0.25) is 0 Å². The third-order valence-corrected chi connectivity index (χ3v) is 3.20. The van der Waals surface area contributed by atoms with Gasteiger partial charge in [-0.05, 0) is 25.7 Å². The van der Waals surface area contributed by atoms with Crippen LogP contribution in [0.1, 0.15) is 26.7 Å². The zero-order chi connectivity index (χ0) is 11.8. The number of allylic oxidation sites excluding steroid dienone is 2. The summed E-state index contributed by atoms with van der Waals surface area (Å²) in [6, 6.07) is 0. The zero-order valence-corrected chi connectivity index (χ0v) is 10.7. The summed E-state index contributed by atoms with van der Waals surface area (Å²) < 4.78 is 5.33. The quantitative estimate of drug-likeness (QED) is 0.642. The lowest BCUT2D eigenvalue weighted by Crippen LogP contribution is -2.36. The molecule has 2 heteroatoms. The molecule has 1 unspecified atom stereocenters. The van der Waals surface area contributed by atoms with Gasteiger partial charge in [0.05, 0.1) is 13.2 Å². The number of ether oxygens (including phenoxy) is 1. The SMILES string of the molecule is C=CC(C)CC/C(C)=C/CN1CCOCC1. The molecule has 2 nitrogen and oxygen atoms in total. The van der Waals surface area contributed by atoms with Crippen molar-refractivity contribution in [1.29, 1.82) is 0 Å². The second-order valence-electron chi connectivity index (χ2n) is 4.72. The molecule has 1 rings (SSSR count). The van der Waals surface area contributed by atoms with Gasteiger partial charge in [0.15, 0.2) is 0 Å².